The third-order valence-corrected chi connectivity index (χ3v) is 3.47. The highest BCUT2D eigenvalue weighted by molar-refractivity contribution is 7.99. The van der Waals surface area contributed by atoms with Crippen LogP contribution in [0.3, 0.4) is 0 Å². The van der Waals surface area contributed by atoms with E-state index in [9.17, 15) is 0 Å². The number of hydrogen-bond donors (Lipinski definition) is 3. The molecule has 6 heteroatoms. The Balaban J connectivity index is 2.11. The number of fused-ring (bicyclic) bond motifs is 1. The molecule has 0 aliphatic rings. The second-order valence-electron chi connectivity index (χ2n) is 3.91. The van der Waals surface area contributed by atoms with Crippen molar-refractivity contribution in [1.29, 1.82) is 0 Å². The average Bonchev–Trinajstić information content (AvgIpc) is 2.78. The number of aliphatic hydroxyl groups is 1. The predicted octanol–water partition coefficient (Wildman–Crippen LogP) is 1.37. The van der Waals surface area contributed by atoms with Gasteiger partial charge in [0, 0.05) is 17.9 Å². The van der Waals surface area contributed by atoms with Crippen molar-refractivity contribution in [3.05, 3.63) is 18.2 Å². The van der Waals surface area contributed by atoms with Crippen LogP contribution in [0.4, 0.5) is 0 Å². The van der Waals surface area contributed by atoms with Gasteiger partial charge in [-0.1, -0.05) is 11.8 Å². The second-order valence-corrected chi connectivity index (χ2v) is 4.92. The Bertz CT molecular complexity index is 515. The predicted molar refractivity (Wildman–Crippen MR) is 73.0 cm³/mol. The van der Waals surface area contributed by atoms with Crippen LogP contribution in [0.2, 0.25) is 0 Å². The van der Waals surface area contributed by atoms with Gasteiger partial charge < -0.3 is 20.6 Å². The Kier molecular flexibility index (Phi) is 4.46. The highest BCUT2D eigenvalue weighted by Gasteiger charge is 2.07. The van der Waals surface area contributed by atoms with Gasteiger partial charge in [-0.15, -0.1) is 0 Å². The summed E-state index contributed by atoms with van der Waals surface area (Å²) in [5, 5.41) is 9.67. The fourth-order valence-electron chi connectivity index (χ4n) is 1.53. The molecule has 1 unspecified atom stereocenters. The summed E-state index contributed by atoms with van der Waals surface area (Å²) in [7, 11) is 0. The maximum absolute atomic E-state index is 8.86. The van der Waals surface area contributed by atoms with Gasteiger partial charge in [0.05, 0.1) is 24.2 Å². The molecule has 0 spiro atoms. The van der Waals surface area contributed by atoms with E-state index in [0.29, 0.717) is 12.4 Å². The van der Waals surface area contributed by atoms with E-state index in [2.05, 4.69) is 9.97 Å². The molecule has 5 nitrogen and oxygen atoms in total. The molecule has 1 aromatic heterocycles. The van der Waals surface area contributed by atoms with E-state index in [0.717, 1.165) is 21.9 Å². The fourth-order valence-corrected chi connectivity index (χ4v) is 2.35. The zero-order valence-corrected chi connectivity index (χ0v) is 11.0. The first-order valence-corrected chi connectivity index (χ1v) is 6.83. The number of thioether (sulfide) groups is 1. The molecule has 0 aliphatic carbocycles. The van der Waals surface area contributed by atoms with Crippen LogP contribution in [-0.2, 0) is 0 Å². The number of aromatic amines is 1. The molecule has 2 aromatic rings. The number of benzene rings is 1. The van der Waals surface area contributed by atoms with Gasteiger partial charge in [0.15, 0.2) is 5.16 Å². The molecular formula is C12H17N3O2S. The van der Waals surface area contributed by atoms with Gasteiger partial charge in [0.1, 0.15) is 5.75 Å². The third-order valence-electron chi connectivity index (χ3n) is 2.41. The molecule has 4 N–H and O–H groups in total. The average molecular weight is 267 g/mol. The molecule has 0 saturated heterocycles. The van der Waals surface area contributed by atoms with Crippen LogP contribution < -0.4 is 10.5 Å². The van der Waals surface area contributed by atoms with E-state index in [1.165, 1.54) is 11.8 Å². The summed E-state index contributed by atoms with van der Waals surface area (Å²) < 4.78 is 5.43. The van der Waals surface area contributed by atoms with Crippen LogP contribution in [0.1, 0.15) is 6.92 Å². The van der Waals surface area contributed by atoms with E-state index < -0.39 is 0 Å². The van der Waals surface area contributed by atoms with Gasteiger partial charge in [-0.05, 0) is 19.1 Å². The Morgan fingerprint density at radius 2 is 2.39 bits per heavy atom. The lowest BCUT2D eigenvalue weighted by molar-refractivity contribution is 0.275. The summed E-state index contributed by atoms with van der Waals surface area (Å²) in [6, 6.07) is 5.54. The second kappa shape index (κ2) is 6.08. The van der Waals surface area contributed by atoms with Crippen molar-refractivity contribution in [3.8, 4) is 5.75 Å². The van der Waals surface area contributed by atoms with Crippen molar-refractivity contribution in [2.24, 2.45) is 5.73 Å². The number of aliphatic hydroxyl groups excluding tert-OH is 1. The molecule has 0 aliphatic heterocycles. The molecule has 18 heavy (non-hydrogen) atoms. The fraction of sp³-hybridized carbons (Fsp3) is 0.417. The quantitative estimate of drug-likeness (QED) is 0.688. The monoisotopic (exact) mass is 267 g/mol. The van der Waals surface area contributed by atoms with Crippen molar-refractivity contribution in [1.82, 2.24) is 9.97 Å². The minimum absolute atomic E-state index is 0.0122. The number of rotatable bonds is 6. The van der Waals surface area contributed by atoms with Gasteiger partial charge in [0.25, 0.3) is 0 Å². The van der Waals surface area contributed by atoms with E-state index in [1.54, 1.807) is 0 Å². The summed E-state index contributed by atoms with van der Waals surface area (Å²) in [5.41, 5.74) is 7.49. The number of ether oxygens (including phenoxy) is 1. The maximum atomic E-state index is 8.86. The van der Waals surface area contributed by atoms with Gasteiger partial charge in [-0.25, -0.2) is 4.98 Å². The summed E-state index contributed by atoms with van der Waals surface area (Å²) in [6.07, 6.45) is 0. The largest absolute Gasteiger partial charge is 0.494 e. The van der Waals surface area contributed by atoms with E-state index >= 15 is 0 Å². The molecule has 1 aromatic carbocycles. The van der Waals surface area contributed by atoms with Crippen molar-refractivity contribution in [2.45, 2.75) is 18.1 Å². The number of hydrogen-bond acceptors (Lipinski definition) is 5. The van der Waals surface area contributed by atoms with Crippen LogP contribution in [-0.4, -0.2) is 40.1 Å². The Morgan fingerprint density at radius 3 is 3.11 bits per heavy atom. The number of nitrogens with two attached hydrogens (primary N) is 1. The number of aromatic nitrogens is 2. The smallest absolute Gasteiger partial charge is 0.166 e. The molecule has 1 atom stereocenters. The Hall–Kier alpha value is -1.24. The van der Waals surface area contributed by atoms with Gasteiger partial charge in [-0.3, -0.25) is 0 Å². The molecule has 0 saturated carbocycles. The lowest BCUT2D eigenvalue weighted by Gasteiger charge is -2.04. The van der Waals surface area contributed by atoms with Crippen LogP contribution in [0.5, 0.6) is 5.75 Å². The van der Waals surface area contributed by atoms with Crippen molar-refractivity contribution < 1.29 is 9.84 Å². The van der Waals surface area contributed by atoms with E-state index in [-0.39, 0.29) is 12.6 Å². The topological polar surface area (TPSA) is 84.2 Å². The van der Waals surface area contributed by atoms with Crippen LogP contribution in [0.25, 0.3) is 11.0 Å². The standard InChI is InChI=1S/C12H17N3O2S/c1-2-17-9-3-4-10-11(5-9)15-12(14-10)18-7-8(13)6-16/h3-5,8,16H,2,6-7,13H2,1H3,(H,14,15). The van der Waals surface area contributed by atoms with Crippen molar-refractivity contribution in [3.63, 3.8) is 0 Å². The first kappa shape index (κ1) is 13.2. The van der Waals surface area contributed by atoms with Gasteiger partial charge >= 0.3 is 0 Å². The summed E-state index contributed by atoms with van der Waals surface area (Å²) in [5.74, 6) is 1.46. The summed E-state index contributed by atoms with van der Waals surface area (Å²) in [6.45, 7) is 2.59. The lowest BCUT2D eigenvalue weighted by atomic mass is 10.3. The minimum atomic E-state index is -0.220. The molecule has 0 amide bonds. The number of H-pyrrole nitrogens is 1. The van der Waals surface area contributed by atoms with E-state index in [4.69, 9.17) is 15.6 Å². The molecule has 0 radical (unpaired) electrons. The molecular weight excluding hydrogens is 250 g/mol. The van der Waals surface area contributed by atoms with E-state index in [1.807, 2.05) is 25.1 Å². The molecule has 0 fully saturated rings. The normalized spacial score (nSPS) is 12.8. The van der Waals surface area contributed by atoms with Crippen LogP contribution in [0.15, 0.2) is 23.4 Å². The number of nitrogens with zero attached hydrogens (tertiary/aromatic N) is 1. The van der Waals surface area contributed by atoms with Crippen molar-refractivity contribution in [2.75, 3.05) is 19.0 Å². The summed E-state index contributed by atoms with van der Waals surface area (Å²) in [4.78, 5) is 7.64. The summed E-state index contributed by atoms with van der Waals surface area (Å²) >= 11 is 1.51. The maximum Gasteiger partial charge on any atom is 0.166 e. The van der Waals surface area contributed by atoms with Crippen molar-refractivity contribution >= 4 is 22.8 Å². The zero-order chi connectivity index (χ0) is 13.0. The van der Waals surface area contributed by atoms with Crippen LogP contribution >= 0.6 is 11.8 Å². The highest BCUT2D eigenvalue weighted by Crippen LogP contribution is 2.23. The molecule has 1 heterocycles. The molecule has 98 valence electrons. The third kappa shape index (κ3) is 3.16. The number of nitrogens with one attached hydrogen (secondary N) is 1. The zero-order valence-electron chi connectivity index (χ0n) is 10.2. The number of imidazole rings is 1. The molecule has 0 bridgehead atoms. The van der Waals surface area contributed by atoms with Crippen LogP contribution in [0, 0.1) is 0 Å². The van der Waals surface area contributed by atoms with Gasteiger partial charge in [-0.2, -0.15) is 0 Å². The SMILES string of the molecule is CCOc1ccc2nc(SCC(N)CO)[nH]c2c1. The highest BCUT2D eigenvalue weighted by atomic mass is 32.2. The molecule has 2 rings (SSSR count). The first-order valence-electron chi connectivity index (χ1n) is 5.84. The van der Waals surface area contributed by atoms with Gasteiger partial charge in [0.2, 0.25) is 0 Å². The Labute approximate surface area is 110 Å². The first-order chi connectivity index (χ1) is 8.72. The minimum Gasteiger partial charge on any atom is -0.494 e. The lowest BCUT2D eigenvalue weighted by Crippen LogP contribution is -2.26. The Morgan fingerprint density at radius 1 is 1.56 bits per heavy atom.